The molecular formula is C22H16ClNO3S. The van der Waals surface area contributed by atoms with E-state index in [1.165, 1.54) is 12.3 Å². The molecule has 0 amide bonds. The van der Waals surface area contributed by atoms with Gasteiger partial charge in [0.15, 0.2) is 0 Å². The summed E-state index contributed by atoms with van der Waals surface area (Å²) in [7, 11) is -3.95. The van der Waals surface area contributed by atoms with Gasteiger partial charge in [0.25, 0.3) is 0 Å². The molecule has 0 aromatic heterocycles. The third-order valence-electron chi connectivity index (χ3n) is 4.57. The third-order valence-corrected chi connectivity index (χ3v) is 6.60. The van der Waals surface area contributed by atoms with Gasteiger partial charge in [0.1, 0.15) is 4.91 Å². The van der Waals surface area contributed by atoms with Crippen molar-refractivity contribution < 1.29 is 13.2 Å². The number of hydrogen-bond acceptors (Lipinski definition) is 4. The van der Waals surface area contributed by atoms with Crippen LogP contribution in [0.2, 0.25) is 5.02 Å². The zero-order valence-electron chi connectivity index (χ0n) is 15.0. The summed E-state index contributed by atoms with van der Waals surface area (Å²) in [5, 5.41) is 0.517. The summed E-state index contributed by atoms with van der Waals surface area (Å²) in [5.74, 6) is -0.540. The first-order valence-corrected chi connectivity index (χ1v) is 10.5. The molecule has 1 heterocycles. The van der Waals surface area contributed by atoms with Gasteiger partial charge in [-0.3, -0.25) is 4.79 Å². The summed E-state index contributed by atoms with van der Waals surface area (Å²) in [5.41, 5.74) is 2.46. The molecule has 0 spiro atoms. The monoisotopic (exact) mass is 409 g/mol. The van der Waals surface area contributed by atoms with Gasteiger partial charge >= 0.3 is 0 Å². The standard InChI is InChI=1S/C22H16ClNO3S/c1-15-9-11-16(12-10-15)22(25)21-14-24(18-6-4-5-17(23)13-18)19-7-2-3-8-20(19)28(21,26)27/h2-14H,1H3. The number of carbonyl (C=O) groups is 1. The van der Waals surface area contributed by atoms with Gasteiger partial charge in [-0.15, -0.1) is 0 Å². The Bertz CT molecular complexity index is 1210. The Morgan fingerprint density at radius 1 is 0.929 bits per heavy atom. The van der Waals surface area contributed by atoms with Crippen molar-refractivity contribution in [2.24, 2.45) is 0 Å². The molecule has 4 nitrogen and oxygen atoms in total. The highest BCUT2D eigenvalue weighted by molar-refractivity contribution is 7.96. The number of sulfone groups is 1. The van der Waals surface area contributed by atoms with Crippen molar-refractivity contribution in [3.05, 3.63) is 100 Å². The molecule has 0 atom stereocenters. The van der Waals surface area contributed by atoms with Crippen molar-refractivity contribution in [1.82, 2.24) is 0 Å². The molecule has 1 aliphatic rings. The summed E-state index contributed by atoms with van der Waals surface area (Å²) in [6, 6.07) is 20.5. The summed E-state index contributed by atoms with van der Waals surface area (Å²) >= 11 is 6.12. The van der Waals surface area contributed by atoms with Crippen LogP contribution in [0.25, 0.3) is 0 Å². The van der Waals surface area contributed by atoms with Crippen molar-refractivity contribution in [3.8, 4) is 0 Å². The highest BCUT2D eigenvalue weighted by Crippen LogP contribution is 2.40. The Morgan fingerprint density at radius 3 is 2.36 bits per heavy atom. The van der Waals surface area contributed by atoms with Crippen molar-refractivity contribution in [1.29, 1.82) is 0 Å². The van der Waals surface area contributed by atoms with Crippen LogP contribution in [-0.2, 0) is 9.84 Å². The molecule has 0 N–H and O–H groups in total. The van der Waals surface area contributed by atoms with Crippen molar-refractivity contribution in [2.45, 2.75) is 11.8 Å². The van der Waals surface area contributed by atoms with Crippen LogP contribution in [0.4, 0.5) is 11.4 Å². The van der Waals surface area contributed by atoms with Crippen LogP contribution in [0.15, 0.2) is 88.8 Å². The van der Waals surface area contributed by atoms with Gasteiger partial charge in [-0.25, -0.2) is 8.42 Å². The molecule has 4 rings (SSSR count). The van der Waals surface area contributed by atoms with Crippen LogP contribution in [0.3, 0.4) is 0 Å². The molecule has 0 bridgehead atoms. The summed E-state index contributed by atoms with van der Waals surface area (Å²) in [4.78, 5) is 14.6. The van der Waals surface area contributed by atoms with Gasteiger partial charge in [0.2, 0.25) is 15.6 Å². The van der Waals surface area contributed by atoms with Gasteiger partial charge in [-0.1, -0.05) is 59.6 Å². The normalized spacial score (nSPS) is 14.9. The van der Waals surface area contributed by atoms with Crippen LogP contribution in [0.5, 0.6) is 0 Å². The van der Waals surface area contributed by atoms with E-state index in [2.05, 4.69) is 0 Å². The first-order chi connectivity index (χ1) is 13.4. The number of hydrogen-bond donors (Lipinski definition) is 0. The second-order valence-electron chi connectivity index (χ2n) is 6.51. The summed E-state index contributed by atoms with van der Waals surface area (Å²) in [6.45, 7) is 1.90. The predicted octanol–water partition coefficient (Wildman–Crippen LogP) is 5.30. The Kier molecular flexibility index (Phi) is 4.57. The quantitative estimate of drug-likeness (QED) is 0.551. The highest BCUT2D eigenvalue weighted by Gasteiger charge is 2.36. The number of aryl methyl sites for hydroxylation is 1. The van der Waals surface area contributed by atoms with Crippen molar-refractivity contribution >= 4 is 38.6 Å². The molecule has 3 aromatic rings. The molecule has 0 unspecified atom stereocenters. The number of nitrogens with zero attached hydrogens (tertiary/aromatic N) is 1. The molecular weight excluding hydrogens is 394 g/mol. The Morgan fingerprint density at radius 2 is 1.64 bits per heavy atom. The van der Waals surface area contributed by atoms with Crippen molar-refractivity contribution in [2.75, 3.05) is 4.90 Å². The fourth-order valence-corrected chi connectivity index (χ4v) is 4.85. The average Bonchev–Trinajstić information content (AvgIpc) is 2.68. The lowest BCUT2D eigenvalue weighted by Crippen LogP contribution is -2.25. The number of benzene rings is 3. The van der Waals surface area contributed by atoms with E-state index in [9.17, 15) is 13.2 Å². The first kappa shape index (κ1) is 18.5. The van der Waals surface area contributed by atoms with E-state index in [-0.39, 0.29) is 9.80 Å². The van der Waals surface area contributed by atoms with E-state index < -0.39 is 15.6 Å². The van der Waals surface area contributed by atoms with Gasteiger partial charge in [-0.05, 0) is 37.3 Å². The second-order valence-corrected chi connectivity index (χ2v) is 8.83. The van der Waals surface area contributed by atoms with Crippen LogP contribution >= 0.6 is 11.6 Å². The maximum absolute atomic E-state index is 13.2. The Hall–Kier alpha value is -2.89. The van der Waals surface area contributed by atoms with Gasteiger partial charge < -0.3 is 4.90 Å². The molecule has 0 fully saturated rings. The van der Waals surface area contributed by atoms with E-state index >= 15 is 0 Å². The highest BCUT2D eigenvalue weighted by atomic mass is 35.5. The van der Waals surface area contributed by atoms with E-state index in [4.69, 9.17) is 11.6 Å². The van der Waals surface area contributed by atoms with Crippen LogP contribution in [0, 0.1) is 6.92 Å². The Labute approximate surface area is 168 Å². The van der Waals surface area contributed by atoms with E-state index in [1.807, 2.05) is 13.0 Å². The van der Waals surface area contributed by atoms with E-state index in [0.717, 1.165) is 5.56 Å². The molecule has 0 saturated heterocycles. The van der Waals surface area contributed by atoms with Crippen LogP contribution in [0.1, 0.15) is 15.9 Å². The minimum Gasteiger partial charge on any atom is -0.314 e. The fraction of sp³-hybridized carbons (Fsp3) is 0.0455. The number of anilines is 2. The minimum absolute atomic E-state index is 0.0907. The van der Waals surface area contributed by atoms with Gasteiger partial charge in [-0.2, -0.15) is 0 Å². The largest absolute Gasteiger partial charge is 0.314 e. The molecule has 3 aromatic carbocycles. The number of rotatable bonds is 3. The van der Waals surface area contributed by atoms with Crippen LogP contribution < -0.4 is 4.90 Å². The fourth-order valence-electron chi connectivity index (χ4n) is 3.13. The molecule has 140 valence electrons. The number of halogens is 1. The van der Waals surface area contributed by atoms with E-state index in [0.29, 0.717) is 22.0 Å². The van der Waals surface area contributed by atoms with Gasteiger partial charge in [0.05, 0.1) is 10.6 Å². The number of allylic oxidation sites excluding steroid dienone is 1. The second kappa shape index (κ2) is 6.93. The predicted molar refractivity (Wildman–Crippen MR) is 111 cm³/mol. The minimum atomic E-state index is -3.95. The SMILES string of the molecule is Cc1ccc(C(=O)C2=CN(c3cccc(Cl)c3)c3ccccc3S2(=O)=O)cc1. The molecule has 0 saturated carbocycles. The first-order valence-electron chi connectivity index (χ1n) is 8.60. The third kappa shape index (κ3) is 3.13. The molecule has 0 radical (unpaired) electrons. The van der Waals surface area contributed by atoms with Gasteiger partial charge in [0, 0.05) is 22.5 Å². The lowest BCUT2D eigenvalue weighted by atomic mass is 10.1. The van der Waals surface area contributed by atoms with Crippen LogP contribution in [-0.4, -0.2) is 14.2 Å². The summed E-state index contributed by atoms with van der Waals surface area (Å²) < 4.78 is 26.4. The number of para-hydroxylation sites is 1. The number of fused-ring (bicyclic) bond motifs is 1. The smallest absolute Gasteiger partial charge is 0.214 e. The van der Waals surface area contributed by atoms with E-state index in [1.54, 1.807) is 65.6 Å². The molecule has 6 heteroatoms. The number of carbonyl (C=O) groups excluding carboxylic acids is 1. The average molecular weight is 410 g/mol. The maximum atomic E-state index is 13.2. The zero-order chi connectivity index (χ0) is 19.9. The zero-order valence-corrected chi connectivity index (χ0v) is 16.5. The lowest BCUT2D eigenvalue weighted by Gasteiger charge is -2.29. The Balaban J connectivity index is 1.92. The molecule has 28 heavy (non-hydrogen) atoms. The van der Waals surface area contributed by atoms with Crippen molar-refractivity contribution in [3.63, 3.8) is 0 Å². The summed E-state index contributed by atoms with van der Waals surface area (Å²) in [6.07, 6.45) is 1.38. The topological polar surface area (TPSA) is 54.5 Å². The lowest BCUT2D eigenvalue weighted by molar-refractivity contribution is 0.104. The number of Topliss-reactive ketones (excluding diaryl/α,β-unsaturated/α-hetero) is 1. The molecule has 1 aliphatic heterocycles. The number of ketones is 1. The molecule has 0 aliphatic carbocycles. The maximum Gasteiger partial charge on any atom is 0.214 e.